The molecule has 1 N–H and O–H groups in total. The lowest BCUT2D eigenvalue weighted by Gasteiger charge is -2.29. The molecule has 0 radical (unpaired) electrons. The first-order valence-electron chi connectivity index (χ1n) is 7.52. The molecule has 102 valence electrons. The molecule has 0 amide bonds. The molecule has 0 aromatic carbocycles. The van der Waals surface area contributed by atoms with Crippen LogP contribution in [0.15, 0.2) is 0 Å². The number of nitriles is 1. The second-order valence-electron chi connectivity index (χ2n) is 5.84. The minimum absolute atomic E-state index is 0.215. The lowest BCUT2D eigenvalue weighted by Crippen LogP contribution is -2.45. The van der Waals surface area contributed by atoms with Crippen LogP contribution in [0.25, 0.3) is 0 Å². The van der Waals surface area contributed by atoms with E-state index < -0.39 is 0 Å². The number of hydrogen-bond donors (Lipinski definition) is 1. The van der Waals surface area contributed by atoms with Gasteiger partial charge in [0, 0.05) is 5.25 Å². The molecule has 2 aliphatic carbocycles. The van der Waals surface area contributed by atoms with E-state index in [0.717, 1.165) is 11.7 Å². The maximum Gasteiger partial charge on any atom is 0.109 e. The van der Waals surface area contributed by atoms with Crippen LogP contribution in [0.4, 0.5) is 0 Å². The lowest BCUT2D eigenvalue weighted by molar-refractivity contribution is 0.331. The molecular weight excluding hydrogens is 240 g/mol. The van der Waals surface area contributed by atoms with Gasteiger partial charge < -0.3 is 5.32 Å². The van der Waals surface area contributed by atoms with Crippen LogP contribution in [0.1, 0.15) is 57.8 Å². The van der Waals surface area contributed by atoms with E-state index in [1.165, 1.54) is 57.1 Å². The fraction of sp³-hybridized carbons (Fsp3) is 0.933. The first kappa shape index (κ1) is 14.2. The Labute approximate surface area is 116 Å². The van der Waals surface area contributed by atoms with E-state index in [-0.39, 0.29) is 5.54 Å². The van der Waals surface area contributed by atoms with E-state index in [4.69, 9.17) is 0 Å². The number of nitrogens with zero attached hydrogens (tertiary/aromatic N) is 1. The molecule has 2 fully saturated rings. The standard InChI is InChI=1S/C15H26N2S/c1-17-15(12-16)10-5-6-13(15)9-11-18-14-7-3-2-4-8-14/h13-14,17H,2-11H2,1H3. The molecule has 0 bridgehead atoms. The van der Waals surface area contributed by atoms with Crippen LogP contribution in [-0.4, -0.2) is 23.6 Å². The van der Waals surface area contributed by atoms with Crippen molar-refractivity contribution in [3.63, 3.8) is 0 Å². The minimum Gasteiger partial charge on any atom is -0.302 e. The summed E-state index contributed by atoms with van der Waals surface area (Å²) in [5.41, 5.74) is -0.215. The molecule has 2 nitrogen and oxygen atoms in total. The van der Waals surface area contributed by atoms with Crippen LogP contribution < -0.4 is 5.32 Å². The Hall–Kier alpha value is -0.200. The van der Waals surface area contributed by atoms with Crippen LogP contribution in [0.3, 0.4) is 0 Å². The summed E-state index contributed by atoms with van der Waals surface area (Å²) >= 11 is 2.17. The maximum absolute atomic E-state index is 9.42. The van der Waals surface area contributed by atoms with Gasteiger partial charge >= 0.3 is 0 Å². The highest BCUT2D eigenvalue weighted by molar-refractivity contribution is 7.99. The third kappa shape index (κ3) is 3.22. The summed E-state index contributed by atoms with van der Waals surface area (Å²) in [7, 11) is 1.95. The molecule has 0 aliphatic heterocycles. The predicted octanol–water partition coefficient (Wildman–Crippen LogP) is 3.72. The van der Waals surface area contributed by atoms with E-state index in [9.17, 15) is 5.26 Å². The fourth-order valence-electron chi connectivity index (χ4n) is 3.61. The van der Waals surface area contributed by atoms with Gasteiger partial charge in [-0.25, -0.2) is 0 Å². The molecule has 3 heteroatoms. The average molecular weight is 266 g/mol. The predicted molar refractivity (Wildman–Crippen MR) is 78.7 cm³/mol. The highest BCUT2D eigenvalue weighted by atomic mass is 32.2. The first-order chi connectivity index (χ1) is 8.80. The number of thioether (sulfide) groups is 1. The SMILES string of the molecule is CNC1(C#N)CCCC1CCSC1CCCCC1. The second kappa shape index (κ2) is 6.82. The van der Waals surface area contributed by atoms with E-state index >= 15 is 0 Å². The van der Waals surface area contributed by atoms with Crippen LogP contribution in [0.2, 0.25) is 0 Å². The van der Waals surface area contributed by atoms with Gasteiger partial charge in [-0.3, -0.25) is 0 Å². The molecule has 2 unspecified atom stereocenters. The summed E-state index contributed by atoms with van der Waals surface area (Å²) in [4.78, 5) is 0. The molecule has 0 heterocycles. The smallest absolute Gasteiger partial charge is 0.109 e. The molecule has 2 aliphatic rings. The normalized spacial score (nSPS) is 33.4. The summed E-state index contributed by atoms with van der Waals surface area (Å²) in [5, 5.41) is 13.6. The van der Waals surface area contributed by atoms with E-state index in [0.29, 0.717) is 5.92 Å². The van der Waals surface area contributed by atoms with Gasteiger partial charge in [0.15, 0.2) is 0 Å². The van der Waals surface area contributed by atoms with Crippen LogP contribution >= 0.6 is 11.8 Å². The van der Waals surface area contributed by atoms with Crippen molar-refractivity contribution in [3.05, 3.63) is 0 Å². The Morgan fingerprint density at radius 3 is 2.67 bits per heavy atom. The Kier molecular flexibility index (Phi) is 5.38. The minimum atomic E-state index is -0.215. The van der Waals surface area contributed by atoms with Crippen LogP contribution in [0.5, 0.6) is 0 Å². The average Bonchev–Trinajstić information content (AvgIpc) is 2.84. The van der Waals surface area contributed by atoms with Gasteiger partial charge in [0.1, 0.15) is 5.54 Å². The zero-order valence-corrected chi connectivity index (χ0v) is 12.4. The van der Waals surface area contributed by atoms with E-state index in [1.807, 2.05) is 7.05 Å². The molecule has 0 spiro atoms. The number of nitrogens with one attached hydrogen (secondary N) is 1. The Morgan fingerprint density at radius 2 is 2.00 bits per heavy atom. The lowest BCUT2D eigenvalue weighted by atomic mass is 9.87. The monoisotopic (exact) mass is 266 g/mol. The van der Waals surface area contributed by atoms with Gasteiger partial charge in [-0.2, -0.15) is 17.0 Å². The highest BCUT2D eigenvalue weighted by Crippen LogP contribution is 2.39. The summed E-state index contributed by atoms with van der Waals surface area (Å²) in [6.07, 6.45) is 11.9. The van der Waals surface area contributed by atoms with Crippen LogP contribution in [-0.2, 0) is 0 Å². The van der Waals surface area contributed by atoms with Crippen molar-refractivity contribution < 1.29 is 0 Å². The van der Waals surface area contributed by atoms with Crippen molar-refractivity contribution in [3.8, 4) is 6.07 Å². The van der Waals surface area contributed by atoms with Crippen LogP contribution in [0, 0.1) is 17.2 Å². The fourth-order valence-corrected chi connectivity index (χ4v) is 5.03. The zero-order valence-electron chi connectivity index (χ0n) is 11.6. The first-order valence-corrected chi connectivity index (χ1v) is 8.57. The third-order valence-corrected chi connectivity index (χ3v) is 6.25. The molecule has 2 saturated carbocycles. The Bertz CT molecular complexity index is 293. The molecule has 0 aromatic rings. The van der Waals surface area contributed by atoms with Crippen molar-refractivity contribution >= 4 is 11.8 Å². The van der Waals surface area contributed by atoms with Gasteiger partial charge in [-0.15, -0.1) is 0 Å². The van der Waals surface area contributed by atoms with Crippen molar-refractivity contribution in [1.82, 2.24) is 5.32 Å². The number of rotatable bonds is 5. The highest BCUT2D eigenvalue weighted by Gasteiger charge is 2.41. The van der Waals surface area contributed by atoms with Crippen molar-refractivity contribution in [1.29, 1.82) is 5.26 Å². The second-order valence-corrected chi connectivity index (χ2v) is 7.25. The molecule has 2 atom stereocenters. The van der Waals surface area contributed by atoms with Gasteiger partial charge in [0.2, 0.25) is 0 Å². The topological polar surface area (TPSA) is 35.8 Å². The zero-order chi connectivity index (χ0) is 12.8. The van der Waals surface area contributed by atoms with Crippen molar-refractivity contribution in [2.45, 2.75) is 68.6 Å². The van der Waals surface area contributed by atoms with Gasteiger partial charge in [0.25, 0.3) is 0 Å². The van der Waals surface area contributed by atoms with Gasteiger partial charge in [-0.05, 0) is 50.8 Å². The van der Waals surface area contributed by atoms with E-state index in [1.54, 1.807) is 0 Å². The summed E-state index contributed by atoms with van der Waals surface area (Å²) in [6.45, 7) is 0. The molecule has 0 saturated heterocycles. The Morgan fingerprint density at radius 1 is 1.22 bits per heavy atom. The van der Waals surface area contributed by atoms with Gasteiger partial charge in [-0.1, -0.05) is 25.7 Å². The Balaban J connectivity index is 1.74. The largest absolute Gasteiger partial charge is 0.302 e. The number of hydrogen-bond acceptors (Lipinski definition) is 3. The summed E-state index contributed by atoms with van der Waals surface area (Å²) in [6, 6.07) is 2.55. The molecular formula is C15H26N2S. The summed E-state index contributed by atoms with van der Waals surface area (Å²) < 4.78 is 0. The van der Waals surface area contributed by atoms with Crippen molar-refractivity contribution in [2.24, 2.45) is 5.92 Å². The molecule has 0 aromatic heterocycles. The van der Waals surface area contributed by atoms with Gasteiger partial charge in [0.05, 0.1) is 6.07 Å². The van der Waals surface area contributed by atoms with Crippen molar-refractivity contribution in [2.75, 3.05) is 12.8 Å². The maximum atomic E-state index is 9.42. The third-order valence-electron chi connectivity index (χ3n) is 4.84. The summed E-state index contributed by atoms with van der Waals surface area (Å²) in [5.74, 6) is 1.82. The molecule has 18 heavy (non-hydrogen) atoms. The quantitative estimate of drug-likeness (QED) is 0.823. The molecule has 2 rings (SSSR count). The van der Waals surface area contributed by atoms with E-state index in [2.05, 4.69) is 23.1 Å².